The van der Waals surface area contributed by atoms with Gasteiger partial charge in [0.15, 0.2) is 5.79 Å². The Bertz CT molecular complexity index is 702. The van der Waals surface area contributed by atoms with Crippen LogP contribution in [-0.2, 0) is 19.1 Å². The average Bonchev–Trinajstić information content (AvgIpc) is 3.25. The molecule has 3 aliphatic rings. The van der Waals surface area contributed by atoms with Crippen LogP contribution in [0.5, 0.6) is 0 Å². The fourth-order valence-corrected chi connectivity index (χ4v) is 4.18. The van der Waals surface area contributed by atoms with E-state index in [1.807, 2.05) is 0 Å². The summed E-state index contributed by atoms with van der Waals surface area (Å²) in [5.41, 5.74) is 0.614. The molecule has 4 rings (SSSR count). The summed E-state index contributed by atoms with van der Waals surface area (Å²) in [7, 11) is 0. The molecule has 6 nitrogen and oxygen atoms in total. The van der Waals surface area contributed by atoms with Crippen LogP contribution in [0.3, 0.4) is 0 Å². The Balaban J connectivity index is 1.28. The number of amides is 2. The zero-order valence-electron chi connectivity index (χ0n) is 15.3. The van der Waals surface area contributed by atoms with Crippen LogP contribution in [0, 0.1) is 11.7 Å². The lowest BCUT2D eigenvalue weighted by Crippen LogP contribution is -2.39. The van der Waals surface area contributed by atoms with Crippen LogP contribution in [0.25, 0.3) is 0 Å². The largest absolute Gasteiger partial charge is 0.353 e. The zero-order chi connectivity index (χ0) is 18.9. The minimum atomic E-state index is -0.448. The molecule has 146 valence electrons. The van der Waals surface area contributed by atoms with Crippen molar-refractivity contribution in [3.8, 4) is 0 Å². The van der Waals surface area contributed by atoms with Gasteiger partial charge in [-0.1, -0.05) is 6.42 Å². The highest BCUT2D eigenvalue weighted by atomic mass is 19.1. The molecule has 1 aromatic carbocycles. The van der Waals surface area contributed by atoms with Crippen LogP contribution < -0.4 is 10.2 Å². The highest BCUT2D eigenvalue weighted by Gasteiger charge is 2.42. The number of rotatable bonds is 4. The number of benzene rings is 1. The number of carbonyl (C=O) groups excluding carboxylic acids is 2. The summed E-state index contributed by atoms with van der Waals surface area (Å²) < 4.78 is 25.0. The van der Waals surface area contributed by atoms with Gasteiger partial charge in [0.05, 0.1) is 12.5 Å². The van der Waals surface area contributed by atoms with Gasteiger partial charge >= 0.3 is 0 Å². The van der Waals surface area contributed by atoms with Gasteiger partial charge in [0.1, 0.15) is 11.9 Å². The summed E-state index contributed by atoms with van der Waals surface area (Å²) in [6, 6.07) is 5.74. The highest BCUT2D eigenvalue weighted by molar-refractivity contribution is 6.00. The van der Waals surface area contributed by atoms with E-state index in [-0.39, 0.29) is 30.2 Å². The maximum Gasteiger partial charge on any atom is 0.227 e. The molecule has 2 atom stereocenters. The standard InChI is InChI=1S/C20H25FN2O4/c21-15-4-6-16(7-5-15)23-12-14(10-18(23)24)19(25)22-11-17-13-26-20(27-17)8-2-1-3-9-20/h4-7,14,17H,1-3,8-13H2,(H,22,25)/t14-,17+/m1/s1. The first kappa shape index (κ1) is 18.4. The van der Waals surface area contributed by atoms with Crippen molar-refractivity contribution in [1.82, 2.24) is 5.32 Å². The second kappa shape index (κ2) is 7.56. The Morgan fingerprint density at radius 2 is 1.96 bits per heavy atom. The van der Waals surface area contributed by atoms with Crippen LogP contribution >= 0.6 is 0 Å². The van der Waals surface area contributed by atoms with Crippen molar-refractivity contribution in [2.24, 2.45) is 5.92 Å². The Labute approximate surface area is 158 Å². The lowest BCUT2D eigenvalue weighted by Gasteiger charge is -2.31. The van der Waals surface area contributed by atoms with Crippen molar-refractivity contribution < 1.29 is 23.5 Å². The van der Waals surface area contributed by atoms with E-state index in [0.29, 0.717) is 25.4 Å². The van der Waals surface area contributed by atoms with Gasteiger partial charge < -0.3 is 19.7 Å². The SMILES string of the molecule is O=C(NC[C@H]1COC2(CCCCC2)O1)[C@@H]1CC(=O)N(c2ccc(F)cc2)C1. The number of halogens is 1. The number of hydrogen-bond acceptors (Lipinski definition) is 4. The van der Waals surface area contributed by atoms with Crippen molar-refractivity contribution in [3.05, 3.63) is 30.1 Å². The monoisotopic (exact) mass is 376 g/mol. The Morgan fingerprint density at radius 1 is 1.22 bits per heavy atom. The summed E-state index contributed by atoms with van der Waals surface area (Å²) in [5, 5.41) is 2.91. The summed E-state index contributed by atoms with van der Waals surface area (Å²) in [6.45, 7) is 1.19. The quantitative estimate of drug-likeness (QED) is 0.876. The maximum absolute atomic E-state index is 13.1. The summed E-state index contributed by atoms with van der Waals surface area (Å²) in [6.07, 6.45) is 5.30. The molecule has 2 aliphatic heterocycles. The molecule has 0 unspecified atom stereocenters. The zero-order valence-corrected chi connectivity index (χ0v) is 15.3. The van der Waals surface area contributed by atoms with Gasteiger partial charge in [-0.3, -0.25) is 9.59 Å². The molecular formula is C20H25FN2O4. The molecule has 2 heterocycles. The van der Waals surface area contributed by atoms with E-state index in [0.717, 1.165) is 25.7 Å². The molecule has 2 amide bonds. The third-order valence-corrected chi connectivity index (χ3v) is 5.67. The maximum atomic E-state index is 13.1. The first-order valence-electron chi connectivity index (χ1n) is 9.70. The molecule has 0 bridgehead atoms. The molecule has 1 saturated carbocycles. The molecule has 1 spiro atoms. The number of hydrogen-bond donors (Lipinski definition) is 1. The van der Waals surface area contributed by atoms with Crippen LogP contribution in [0.15, 0.2) is 24.3 Å². The minimum Gasteiger partial charge on any atom is -0.353 e. The number of nitrogens with zero attached hydrogens (tertiary/aromatic N) is 1. The van der Waals surface area contributed by atoms with E-state index < -0.39 is 11.7 Å². The van der Waals surface area contributed by atoms with E-state index in [9.17, 15) is 14.0 Å². The van der Waals surface area contributed by atoms with E-state index in [2.05, 4.69) is 5.32 Å². The first-order valence-corrected chi connectivity index (χ1v) is 9.70. The minimum absolute atomic E-state index is 0.122. The Hall–Kier alpha value is -1.99. The summed E-state index contributed by atoms with van der Waals surface area (Å²) in [4.78, 5) is 26.3. The third kappa shape index (κ3) is 3.99. The van der Waals surface area contributed by atoms with Crippen LogP contribution in [0.1, 0.15) is 38.5 Å². The van der Waals surface area contributed by atoms with Gasteiger partial charge in [-0.05, 0) is 37.1 Å². The van der Waals surface area contributed by atoms with Crippen LogP contribution in [-0.4, -0.2) is 43.4 Å². The van der Waals surface area contributed by atoms with Gasteiger partial charge in [0, 0.05) is 38.0 Å². The Morgan fingerprint density at radius 3 is 2.70 bits per heavy atom. The van der Waals surface area contributed by atoms with Crippen LogP contribution in [0.2, 0.25) is 0 Å². The average molecular weight is 376 g/mol. The Kier molecular flexibility index (Phi) is 5.14. The van der Waals surface area contributed by atoms with Gasteiger partial charge in [0.25, 0.3) is 0 Å². The highest BCUT2D eigenvalue weighted by Crippen LogP contribution is 2.37. The van der Waals surface area contributed by atoms with E-state index >= 15 is 0 Å². The third-order valence-electron chi connectivity index (χ3n) is 5.67. The molecule has 1 aromatic rings. The number of carbonyl (C=O) groups is 2. The van der Waals surface area contributed by atoms with Gasteiger partial charge in [0.2, 0.25) is 11.8 Å². The molecule has 0 radical (unpaired) electrons. The molecule has 1 aliphatic carbocycles. The number of nitrogens with one attached hydrogen (secondary N) is 1. The lowest BCUT2D eigenvalue weighted by molar-refractivity contribution is -0.186. The molecule has 0 aromatic heterocycles. The lowest BCUT2D eigenvalue weighted by atomic mass is 9.94. The topological polar surface area (TPSA) is 67.9 Å². The summed E-state index contributed by atoms with van der Waals surface area (Å²) in [5.74, 6) is -1.48. The molecule has 7 heteroatoms. The molecule has 2 saturated heterocycles. The number of anilines is 1. The second-order valence-corrected chi connectivity index (χ2v) is 7.65. The van der Waals surface area contributed by atoms with Gasteiger partial charge in [-0.25, -0.2) is 4.39 Å². The van der Waals surface area contributed by atoms with E-state index in [1.165, 1.54) is 23.5 Å². The van der Waals surface area contributed by atoms with Crippen molar-refractivity contribution >= 4 is 17.5 Å². The molecule has 3 fully saturated rings. The van der Waals surface area contributed by atoms with E-state index in [4.69, 9.17) is 9.47 Å². The van der Waals surface area contributed by atoms with Gasteiger partial charge in [-0.2, -0.15) is 0 Å². The van der Waals surface area contributed by atoms with Crippen molar-refractivity contribution in [2.45, 2.75) is 50.4 Å². The van der Waals surface area contributed by atoms with Crippen molar-refractivity contribution in [1.29, 1.82) is 0 Å². The predicted octanol–water partition coefficient (Wildman–Crippen LogP) is 2.37. The van der Waals surface area contributed by atoms with Gasteiger partial charge in [-0.15, -0.1) is 0 Å². The second-order valence-electron chi connectivity index (χ2n) is 7.65. The molecular weight excluding hydrogens is 351 g/mol. The fourth-order valence-electron chi connectivity index (χ4n) is 4.18. The normalized spacial score (nSPS) is 27.3. The molecule has 1 N–H and O–H groups in total. The summed E-state index contributed by atoms with van der Waals surface area (Å²) >= 11 is 0. The smallest absolute Gasteiger partial charge is 0.227 e. The van der Waals surface area contributed by atoms with Crippen molar-refractivity contribution in [2.75, 3.05) is 24.6 Å². The number of ether oxygens (including phenoxy) is 2. The van der Waals surface area contributed by atoms with Crippen LogP contribution in [0.4, 0.5) is 10.1 Å². The molecule has 27 heavy (non-hydrogen) atoms. The fraction of sp³-hybridized carbons (Fsp3) is 0.600. The van der Waals surface area contributed by atoms with E-state index in [1.54, 1.807) is 12.1 Å². The van der Waals surface area contributed by atoms with Crippen molar-refractivity contribution in [3.63, 3.8) is 0 Å². The predicted molar refractivity (Wildman–Crippen MR) is 96.5 cm³/mol. The first-order chi connectivity index (χ1) is 13.0.